The van der Waals surface area contributed by atoms with E-state index in [1.165, 1.54) is 11.4 Å². The molecule has 1 aromatic carbocycles. The van der Waals surface area contributed by atoms with E-state index in [4.69, 9.17) is 10.2 Å². The number of H-pyrrole nitrogens is 1. The van der Waals surface area contributed by atoms with Crippen molar-refractivity contribution in [2.75, 3.05) is 26.2 Å². The smallest absolute Gasteiger partial charge is 0.253 e. The number of hydrogen-bond acceptors (Lipinski definition) is 4. The average Bonchev–Trinajstić information content (AvgIpc) is 3.20. The molecular weight excluding hydrogens is 350 g/mol. The van der Waals surface area contributed by atoms with Gasteiger partial charge in [0.15, 0.2) is 0 Å². The second-order valence-electron chi connectivity index (χ2n) is 8.34. The highest BCUT2D eigenvalue weighted by Gasteiger charge is 2.47. The summed E-state index contributed by atoms with van der Waals surface area (Å²) >= 11 is 0. The fourth-order valence-corrected chi connectivity index (χ4v) is 4.77. The number of imidazole rings is 1. The van der Waals surface area contributed by atoms with E-state index in [0.717, 1.165) is 32.4 Å². The largest absolute Gasteiger partial charge is 0.348 e. The summed E-state index contributed by atoms with van der Waals surface area (Å²) in [7, 11) is 0. The second kappa shape index (κ2) is 7.40. The van der Waals surface area contributed by atoms with E-state index in [0.29, 0.717) is 30.1 Å². The quantitative estimate of drug-likeness (QED) is 0.892. The van der Waals surface area contributed by atoms with E-state index >= 15 is 0 Å². The average molecular weight is 377 g/mol. The minimum atomic E-state index is -0.0802. The first-order valence-electron chi connectivity index (χ1n) is 10.1. The third-order valence-electron chi connectivity index (χ3n) is 6.10. The number of fused-ring (bicyclic) bond motifs is 2. The zero-order chi connectivity index (χ0) is 19.7. The molecule has 28 heavy (non-hydrogen) atoms. The maximum absolute atomic E-state index is 13.0. The Hall–Kier alpha value is -2.65. The molecule has 1 N–H and O–H groups in total. The Labute approximate surface area is 166 Å². The van der Waals surface area contributed by atoms with Gasteiger partial charge in [0.05, 0.1) is 29.2 Å². The summed E-state index contributed by atoms with van der Waals surface area (Å²) < 4.78 is 0. The van der Waals surface area contributed by atoms with Crippen molar-refractivity contribution in [1.29, 1.82) is 5.26 Å². The van der Waals surface area contributed by atoms with Crippen LogP contribution in [-0.4, -0.2) is 51.9 Å². The number of benzene rings is 1. The van der Waals surface area contributed by atoms with Crippen LogP contribution in [0, 0.1) is 17.2 Å². The van der Waals surface area contributed by atoms with Crippen LogP contribution in [-0.2, 0) is 12.0 Å². The Bertz CT molecular complexity index is 902. The fourth-order valence-electron chi connectivity index (χ4n) is 4.77. The molecule has 3 heterocycles. The molecule has 2 aliphatic rings. The molecule has 6 nitrogen and oxygen atoms in total. The van der Waals surface area contributed by atoms with Gasteiger partial charge in [0.25, 0.3) is 5.91 Å². The highest BCUT2D eigenvalue weighted by molar-refractivity contribution is 5.94. The summed E-state index contributed by atoms with van der Waals surface area (Å²) in [6, 6.07) is 9.10. The lowest BCUT2D eigenvalue weighted by atomic mass is 9.78. The van der Waals surface area contributed by atoms with Gasteiger partial charge in [0, 0.05) is 43.9 Å². The Balaban J connectivity index is 1.56. The maximum atomic E-state index is 13.0. The standard InChI is InChI=1S/C22H27N5O/c1-16(2)14-27-9-6-19-20(25-15-24-19)22(27)7-10-26(11-8-22)21(28)18-5-3-4-17(12-18)13-23/h3-5,12,15-16H,6-11,14H2,1-2H3,(H,24,25). The van der Waals surface area contributed by atoms with Crippen molar-refractivity contribution >= 4 is 5.91 Å². The number of nitrogens with zero attached hydrogens (tertiary/aromatic N) is 4. The number of aromatic nitrogens is 2. The first-order chi connectivity index (χ1) is 13.5. The molecule has 0 aliphatic carbocycles. The van der Waals surface area contributed by atoms with E-state index in [9.17, 15) is 4.79 Å². The van der Waals surface area contributed by atoms with Gasteiger partial charge in [-0.3, -0.25) is 9.69 Å². The lowest BCUT2D eigenvalue weighted by Crippen LogP contribution is -2.57. The molecule has 1 spiro atoms. The number of carbonyl (C=O) groups is 1. The Morgan fingerprint density at radius 3 is 2.82 bits per heavy atom. The summed E-state index contributed by atoms with van der Waals surface area (Å²) in [5.41, 5.74) is 3.47. The number of nitriles is 1. The molecule has 146 valence electrons. The molecule has 1 amide bonds. The SMILES string of the molecule is CC(C)CN1CCc2[nH]cnc2C12CCN(C(=O)c1cccc(C#N)c1)CC2. The first kappa shape index (κ1) is 18.7. The molecule has 2 aliphatic heterocycles. The number of rotatable bonds is 3. The van der Waals surface area contributed by atoms with Crippen molar-refractivity contribution in [3.63, 3.8) is 0 Å². The van der Waals surface area contributed by atoms with Crippen LogP contribution in [0.15, 0.2) is 30.6 Å². The van der Waals surface area contributed by atoms with Crippen molar-refractivity contribution in [2.24, 2.45) is 5.92 Å². The van der Waals surface area contributed by atoms with Crippen LogP contribution in [0.5, 0.6) is 0 Å². The van der Waals surface area contributed by atoms with E-state index < -0.39 is 0 Å². The Kier molecular flexibility index (Phi) is 4.94. The van der Waals surface area contributed by atoms with E-state index in [2.05, 4.69) is 29.8 Å². The Morgan fingerprint density at radius 2 is 2.11 bits per heavy atom. The number of hydrogen-bond donors (Lipinski definition) is 1. The van der Waals surface area contributed by atoms with Crippen LogP contribution in [0.25, 0.3) is 0 Å². The summed E-state index contributed by atoms with van der Waals surface area (Å²) in [6.45, 7) is 8.01. The van der Waals surface area contributed by atoms with Gasteiger partial charge in [0.2, 0.25) is 0 Å². The van der Waals surface area contributed by atoms with Gasteiger partial charge in [-0.05, 0) is 37.0 Å². The molecule has 2 aromatic rings. The van der Waals surface area contributed by atoms with Crippen molar-refractivity contribution in [3.05, 3.63) is 53.1 Å². The number of aromatic amines is 1. The number of likely N-dealkylation sites (tertiary alicyclic amines) is 1. The summed E-state index contributed by atoms with van der Waals surface area (Å²) in [6.07, 6.45) is 4.60. The maximum Gasteiger partial charge on any atom is 0.253 e. The highest BCUT2D eigenvalue weighted by atomic mass is 16.2. The molecule has 1 saturated heterocycles. The predicted octanol–water partition coefficient (Wildman–Crippen LogP) is 2.93. The molecule has 4 rings (SSSR count). The normalized spacial score (nSPS) is 18.9. The van der Waals surface area contributed by atoms with E-state index in [1.807, 2.05) is 11.2 Å². The minimum absolute atomic E-state index is 0.0143. The zero-order valence-corrected chi connectivity index (χ0v) is 16.6. The highest BCUT2D eigenvalue weighted by Crippen LogP contribution is 2.42. The molecule has 1 fully saturated rings. The number of piperidine rings is 1. The van der Waals surface area contributed by atoms with Crippen LogP contribution in [0.4, 0.5) is 0 Å². The van der Waals surface area contributed by atoms with Gasteiger partial charge in [0.1, 0.15) is 0 Å². The van der Waals surface area contributed by atoms with Crippen molar-refractivity contribution in [2.45, 2.75) is 38.6 Å². The van der Waals surface area contributed by atoms with Crippen LogP contribution >= 0.6 is 0 Å². The molecule has 1 aromatic heterocycles. The zero-order valence-electron chi connectivity index (χ0n) is 16.6. The second-order valence-corrected chi connectivity index (χ2v) is 8.34. The lowest BCUT2D eigenvalue weighted by Gasteiger charge is -2.51. The van der Waals surface area contributed by atoms with Crippen LogP contribution in [0.2, 0.25) is 0 Å². The minimum Gasteiger partial charge on any atom is -0.348 e. The van der Waals surface area contributed by atoms with Crippen molar-refractivity contribution < 1.29 is 4.79 Å². The number of nitrogens with one attached hydrogen (secondary N) is 1. The Morgan fingerprint density at radius 1 is 1.32 bits per heavy atom. The molecule has 0 radical (unpaired) electrons. The fraction of sp³-hybridized carbons (Fsp3) is 0.500. The van der Waals surface area contributed by atoms with Gasteiger partial charge in [-0.1, -0.05) is 19.9 Å². The number of carbonyl (C=O) groups excluding carboxylic acids is 1. The van der Waals surface area contributed by atoms with Gasteiger partial charge in [-0.2, -0.15) is 5.26 Å². The summed E-state index contributed by atoms with van der Waals surface area (Å²) in [5, 5.41) is 9.10. The van der Waals surface area contributed by atoms with Crippen LogP contribution in [0.3, 0.4) is 0 Å². The van der Waals surface area contributed by atoms with Crippen LogP contribution < -0.4 is 0 Å². The monoisotopic (exact) mass is 377 g/mol. The molecule has 0 atom stereocenters. The molecule has 6 heteroatoms. The molecule has 0 bridgehead atoms. The third kappa shape index (κ3) is 3.20. The molecule has 0 unspecified atom stereocenters. The molecule has 0 saturated carbocycles. The van der Waals surface area contributed by atoms with Crippen molar-refractivity contribution in [3.8, 4) is 6.07 Å². The third-order valence-corrected chi connectivity index (χ3v) is 6.10. The van der Waals surface area contributed by atoms with Gasteiger partial charge in [-0.15, -0.1) is 0 Å². The van der Waals surface area contributed by atoms with E-state index in [1.54, 1.807) is 24.3 Å². The van der Waals surface area contributed by atoms with Gasteiger partial charge < -0.3 is 9.88 Å². The van der Waals surface area contributed by atoms with Gasteiger partial charge >= 0.3 is 0 Å². The topological polar surface area (TPSA) is 76.0 Å². The van der Waals surface area contributed by atoms with E-state index in [-0.39, 0.29) is 11.4 Å². The molecular formula is C22H27N5O. The van der Waals surface area contributed by atoms with Crippen LogP contribution in [0.1, 0.15) is 54.0 Å². The summed E-state index contributed by atoms with van der Waals surface area (Å²) in [5.74, 6) is 0.603. The number of amides is 1. The predicted molar refractivity (Wildman–Crippen MR) is 107 cm³/mol. The summed E-state index contributed by atoms with van der Waals surface area (Å²) in [4.78, 5) is 25.5. The van der Waals surface area contributed by atoms with Gasteiger partial charge in [-0.25, -0.2) is 4.98 Å². The lowest BCUT2D eigenvalue weighted by molar-refractivity contribution is 0.000619. The van der Waals surface area contributed by atoms with Crippen molar-refractivity contribution in [1.82, 2.24) is 19.8 Å². The first-order valence-corrected chi connectivity index (χ1v) is 10.1.